The van der Waals surface area contributed by atoms with Gasteiger partial charge in [0.2, 0.25) is 0 Å². The number of hydrogen-bond acceptors (Lipinski definition) is 3. The molecule has 1 fully saturated rings. The predicted octanol–water partition coefficient (Wildman–Crippen LogP) is 3.90. The molecule has 3 rings (SSSR count). The van der Waals surface area contributed by atoms with Gasteiger partial charge in [-0.3, -0.25) is 9.80 Å². The van der Waals surface area contributed by atoms with Crippen molar-refractivity contribution in [1.82, 2.24) is 9.80 Å². The normalized spacial score (nSPS) is 18.3. The lowest BCUT2D eigenvalue weighted by atomic mass is 9.91. The number of benzene rings is 1. The van der Waals surface area contributed by atoms with E-state index in [1.807, 2.05) is 18.2 Å². The summed E-state index contributed by atoms with van der Waals surface area (Å²) in [6.45, 7) is 10.4. The van der Waals surface area contributed by atoms with Gasteiger partial charge >= 0.3 is 0 Å². The molecule has 1 aromatic rings. The van der Waals surface area contributed by atoms with Gasteiger partial charge in [-0.2, -0.15) is 0 Å². The third-order valence-corrected chi connectivity index (χ3v) is 5.13. The van der Waals surface area contributed by atoms with E-state index < -0.39 is 0 Å². The van der Waals surface area contributed by atoms with Crippen LogP contribution in [0.1, 0.15) is 17.5 Å². The second-order valence-electron chi connectivity index (χ2n) is 6.31. The van der Waals surface area contributed by atoms with Crippen LogP contribution in [0.2, 0.25) is 5.02 Å². The van der Waals surface area contributed by atoms with E-state index in [-0.39, 0.29) is 12.4 Å². The van der Waals surface area contributed by atoms with Crippen molar-refractivity contribution in [3.63, 3.8) is 0 Å². The van der Waals surface area contributed by atoms with Crippen LogP contribution in [0.4, 0.5) is 0 Å². The lowest BCUT2D eigenvalue weighted by Crippen LogP contribution is -2.46. The molecule has 2 aliphatic rings. The van der Waals surface area contributed by atoms with Gasteiger partial charge in [0, 0.05) is 49.9 Å². The first-order chi connectivity index (χ1) is 11.2. The zero-order valence-electron chi connectivity index (χ0n) is 14.3. The number of fused-ring (bicyclic) bond motifs is 1. The molecule has 132 valence electrons. The summed E-state index contributed by atoms with van der Waals surface area (Å²) in [4.78, 5) is 5.00. The minimum Gasteiger partial charge on any atom is -0.496 e. The standard InChI is InChI=1S/C19H25ClN2O.ClH/c1-3-8-21-9-11-22(12-10-21)14-15-4-5-16-17(13-15)18(20)6-7-19(16)23-2;/h3,6-7,13H,1,4-5,8-12,14H2,2H3;1H. The maximum absolute atomic E-state index is 6.40. The molecule has 24 heavy (non-hydrogen) atoms. The number of methoxy groups -OCH3 is 1. The highest BCUT2D eigenvalue weighted by Gasteiger charge is 2.21. The molecule has 0 atom stereocenters. The van der Waals surface area contributed by atoms with Crippen molar-refractivity contribution in [2.45, 2.75) is 12.8 Å². The first kappa shape index (κ1) is 19.3. The van der Waals surface area contributed by atoms with Crippen molar-refractivity contribution >= 4 is 30.1 Å². The molecule has 1 aromatic carbocycles. The summed E-state index contributed by atoms with van der Waals surface area (Å²) < 4.78 is 5.48. The zero-order chi connectivity index (χ0) is 16.2. The van der Waals surface area contributed by atoms with Crippen LogP contribution >= 0.6 is 24.0 Å². The van der Waals surface area contributed by atoms with Crippen LogP contribution < -0.4 is 4.74 Å². The average molecular weight is 369 g/mol. The van der Waals surface area contributed by atoms with Crippen molar-refractivity contribution < 1.29 is 4.74 Å². The van der Waals surface area contributed by atoms with E-state index in [1.54, 1.807) is 7.11 Å². The molecule has 0 spiro atoms. The fourth-order valence-electron chi connectivity index (χ4n) is 3.51. The van der Waals surface area contributed by atoms with Crippen LogP contribution in [0.15, 0.2) is 30.4 Å². The van der Waals surface area contributed by atoms with Crippen LogP contribution in [0.25, 0.3) is 6.08 Å². The maximum atomic E-state index is 6.40. The molecule has 0 aromatic heterocycles. The van der Waals surface area contributed by atoms with Gasteiger partial charge in [0.05, 0.1) is 7.11 Å². The Bertz CT molecular complexity index is 608. The van der Waals surface area contributed by atoms with Gasteiger partial charge in [0.15, 0.2) is 0 Å². The van der Waals surface area contributed by atoms with Gasteiger partial charge in [-0.05, 0) is 30.5 Å². The van der Waals surface area contributed by atoms with Crippen LogP contribution in [0.3, 0.4) is 0 Å². The fourth-order valence-corrected chi connectivity index (χ4v) is 3.74. The van der Waals surface area contributed by atoms with Crippen molar-refractivity contribution in [3.05, 3.63) is 46.5 Å². The summed E-state index contributed by atoms with van der Waals surface area (Å²) >= 11 is 6.40. The quantitative estimate of drug-likeness (QED) is 0.732. The molecule has 5 heteroatoms. The predicted molar refractivity (Wildman–Crippen MR) is 105 cm³/mol. The number of halogens is 2. The summed E-state index contributed by atoms with van der Waals surface area (Å²) in [6.07, 6.45) is 6.38. The largest absolute Gasteiger partial charge is 0.496 e. The van der Waals surface area contributed by atoms with E-state index >= 15 is 0 Å². The molecule has 0 amide bonds. The molecular weight excluding hydrogens is 343 g/mol. The molecule has 1 aliphatic heterocycles. The Balaban J connectivity index is 0.00000208. The summed E-state index contributed by atoms with van der Waals surface area (Å²) in [5.41, 5.74) is 3.88. The Morgan fingerprint density at radius 3 is 2.54 bits per heavy atom. The molecule has 1 heterocycles. The van der Waals surface area contributed by atoms with Gasteiger partial charge in [0.1, 0.15) is 5.75 Å². The molecule has 0 saturated carbocycles. The zero-order valence-corrected chi connectivity index (χ0v) is 15.8. The Morgan fingerprint density at radius 1 is 1.17 bits per heavy atom. The van der Waals surface area contributed by atoms with Gasteiger partial charge < -0.3 is 4.74 Å². The maximum Gasteiger partial charge on any atom is 0.122 e. The van der Waals surface area contributed by atoms with Gasteiger partial charge in [-0.15, -0.1) is 19.0 Å². The smallest absolute Gasteiger partial charge is 0.122 e. The first-order valence-corrected chi connectivity index (χ1v) is 8.69. The highest BCUT2D eigenvalue weighted by molar-refractivity contribution is 6.32. The second-order valence-corrected chi connectivity index (χ2v) is 6.72. The van der Waals surface area contributed by atoms with E-state index in [2.05, 4.69) is 22.5 Å². The Morgan fingerprint density at radius 2 is 1.88 bits per heavy atom. The molecular formula is C19H26Cl2N2O. The van der Waals surface area contributed by atoms with Crippen LogP contribution in [0.5, 0.6) is 5.75 Å². The number of piperazine rings is 1. The topological polar surface area (TPSA) is 15.7 Å². The third-order valence-electron chi connectivity index (χ3n) is 4.80. The Hall–Kier alpha value is -1.00. The lowest BCUT2D eigenvalue weighted by Gasteiger charge is -2.35. The van der Waals surface area contributed by atoms with Crippen LogP contribution in [0, 0.1) is 0 Å². The van der Waals surface area contributed by atoms with E-state index in [9.17, 15) is 0 Å². The summed E-state index contributed by atoms with van der Waals surface area (Å²) in [5, 5.41) is 0.828. The minimum atomic E-state index is 0. The number of rotatable bonds is 5. The molecule has 1 aliphatic carbocycles. The van der Waals surface area contributed by atoms with Crippen LogP contribution in [-0.4, -0.2) is 56.2 Å². The summed E-state index contributed by atoms with van der Waals surface area (Å²) in [7, 11) is 1.73. The Kier molecular flexibility index (Phi) is 7.17. The SMILES string of the molecule is C=CCN1CCN(CC2=Cc3c(Cl)ccc(OC)c3CC2)CC1.Cl. The summed E-state index contributed by atoms with van der Waals surface area (Å²) in [5.74, 6) is 0.956. The number of ether oxygens (including phenoxy) is 1. The first-order valence-electron chi connectivity index (χ1n) is 8.31. The van der Waals surface area contributed by atoms with Crippen molar-refractivity contribution in [2.75, 3.05) is 46.4 Å². The fraction of sp³-hybridized carbons (Fsp3) is 0.474. The van der Waals surface area contributed by atoms with Crippen molar-refractivity contribution in [2.24, 2.45) is 0 Å². The molecule has 0 N–H and O–H groups in total. The number of hydrogen-bond donors (Lipinski definition) is 0. The Labute approximate surface area is 156 Å². The van der Waals surface area contributed by atoms with Crippen molar-refractivity contribution in [1.29, 1.82) is 0 Å². The van der Waals surface area contributed by atoms with Gasteiger partial charge in [-0.25, -0.2) is 0 Å². The van der Waals surface area contributed by atoms with Crippen molar-refractivity contribution in [3.8, 4) is 5.75 Å². The second kappa shape index (κ2) is 8.91. The lowest BCUT2D eigenvalue weighted by molar-refractivity contribution is 0.151. The highest BCUT2D eigenvalue weighted by atomic mass is 35.5. The molecule has 3 nitrogen and oxygen atoms in total. The van der Waals surface area contributed by atoms with Crippen LogP contribution in [-0.2, 0) is 6.42 Å². The van der Waals surface area contributed by atoms with E-state index in [0.717, 1.165) is 68.4 Å². The third kappa shape index (κ3) is 4.34. The van der Waals surface area contributed by atoms with E-state index in [1.165, 1.54) is 11.1 Å². The molecule has 0 bridgehead atoms. The number of nitrogens with zero attached hydrogens (tertiary/aromatic N) is 2. The molecule has 1 saturated heterocycles. The van der Waals surface area contributed by atoms with E-state index in [0.29, 0.717) is 0 Å². The minimum absolute atomic E-state index is 0. The average Bonchev–Trinajstić information content (AvgIpc) is 2.58. The van der Waals surface area contributed by atoms with E-state index in [4.69, 9.17) is 16.3 Å². The van der Waals surface area contributed by atoms with Gasteiger partial charge in [0.25, 0.3) is 0 Å². The van der Waals surface area contributed by atoms with Gasteiger partial charge in [-0.1, -0.05) is 29.3 Å². The molecule has 0 unspecified atom stereocenters. The summed E-state index contributed by atoms with van der Waals surface area (Å²) in [6, 6.07) is 3.91. The molecule has 0 radical (unpaired) electrons. The highest BCUT2D eigenvalue weighted by Crippen LogP contribution is 2.35. The monoisotopic (exact) mass is 368 g/mol.